The molecule has 0 aromatic carbocycles. The highest BCUT2D eigenvalue weighted by Crippen LogP contribution is 2.05. The normalized spacial score (nSPS) is 11.4. The van der Waals surface area contributed by atoms with E-state index in [1.807, 2.05) is 24.0 Å². The van der Waals surface area contributed by atoms with Crippen LogP contribution in [0.25, 0.3) is 0 Å². The number of nitrogens with zero attached hydrogens (tertiary/aromatic N) is 2. The van der Waals surface area contributed by atoms with Crippen LogP contribution < -0.4 is 22.4 Å². The summed E-state index contributed by atoms with van der Waals surface area (Å²) in [4.78, 5) is 0. The second kappa shape index (κ2) is 7.12. The van der Waals surface area contributed by atoms with Crippen molar-refractivity contribution in [2.24, 2.45) is 7.05 Å². The van der Waals surface area contributed by atoms with Gasteiger partial charge in [-0.1, -0.05) is 6.92 Å². The Labute approximate surface area is 110 Å². The van der Waals surface area contributed by atoms with Gasteiger partial charge < -0.3 is 25.7 Å². The van der Waals surface area contributed by atoms with E-state index in [0.29, 0.717) is 0 Å². The Morgan fingerprint density at radius 3 is 2.18 bits per heavy atom. The Balaban J connectivity index is 0.00000256. The van der Waals surface area contributed by atoms with Crippen molar-refractivity contribution in [3.8, 4) is 0 Å². The molecule has 1 aromatic rings. The molecule has 0 saturated carbocycles. The molecule has 0 amide bonds. The average molecular weight is 281 g/mol. The highest BCUT2D eigenvalue weighted by Gasteiger charge is 2.52. The van der Waals surface area contributed by atoms with Gasteiger partial charge in [0.15, 0.2) is 0 Å². The van der Waals surface area contributed by atoms with E-state index in [1.54, 1.807) is 21.3 Å². The largest absolute Gasteiger partial charge is 1.00 e. The molecule has 0 unspecified atom stereocenters. The molecule has 1 heterocycles. The van der Waals surface area contributed by atoms with Crippen LogP contribution in [0.5, 0.6) is 0 Å². The number of imidazole rings is 1. The Bertz CT molecular complexity index is 334. The fourth-order valence-corrected chi connectivity index (χ4v) is 3.95. The van der Waals surface area contributed by atoms with Gasteiger partial charge in [-0.2, -0.15) is 0 Å². The van der Waals surface area contributed by atoms with E-state index < -0.39 is 8.80 Å². The molecular weight excluding hydrogens is 260 g/mol. The maximum Gasteiger partial charge on any atom is 0.626 e. The van der Waals surface area contributed by atoms with Gasteiger partial charge >= 0.3 is 14.3 Å². The summed E-state index contributed by atoms with van der Waals surface area (Å²) in [6.45, 7) is 3.07. The fraction of sp³-hybridized carbons (Fsp3) is 0.700. The van der Waals surface area contributed by atoms with E-state index in [-0.39, 0.29) is 12.4 Å². The minimum atomic E-state index is -2.74. The summed E-state index contributed by atoms with van der Waals surface area (Å²) in [6, 6.07) is 0. The fourth-order valence-electron chi connectivity index (χ4n) is 1.86. The zero-order valence-electron chi connectivity index (χ0n) is 11.1. The Kier molecular flexibility index (Phi) is 6.96. The second-order valence-corrected chi connectivity index (χ2v) is 6.38. The van der Waals surface area contributed by atoms with Crippen molar-refractivity contribution in [2.75, 3.05) is 21.3 Å². The first-order chi connectivity index (χ1) is 7.65. The van der Waals surface area contributed by atoms with Crippen LogP contribution in [0.2, 0.25) is 0 Å². The molecule has 1 aromatic heterocycles. The van der Waals surface area contributed by atoms with Crippen molar-refractivity contribution in [2.45, 2.75) is 19.9 Å². The minimum absolute atomic E-state index is 0. The maximum atomic E-state index is 5.50. The smallest absolute Gasteiger partial charge is 0.626 e. The lowest BCUT2D eigenvalue weighted by Gasteiger charge is -2.21. The van der Waals surface area contributed by atoms with Crippen LogP contribution in [0.4, 0.5) is 0 Å². The third kappa shape index (κ3) is 3.08. The summed E-state index contributed by atoms with van der Waals surface area (Å²) in [7, 11) is 4.11. The first-order valence-electron chi connectivity index (χ1n) is 5.35. The van der Waals surface area contributed by atoms with Crippen LogP contribution in [0.15, 0.2) is 12.4 Å². The Morgan fingerprint density at radius 2 is 1.76 bits per heavy atom. The molecule has 0 bridgehead atoms. The number of hydrogen-bond donors (Lipinski definition) is 0. The van der Waals surface area contributed by atoms with Gasteiger partial charge in [0.1, 0.15) is 12.4 Å². The van der Waals surface area contributed by atoms with Gasteiger partial charge in [-0.25, -0.2) is 9.13 Å². The number of halogens is 1. The molecule has 0 spiro atoms. The molecule has 0 fully saturated rings. The molecule has 0 saturated heterocycles. The number of hydrogen-bond acceptors (Lipinski definition) is 3. The van der Waals surface area contributed by atoms with Crippen molar-refractivity contribution in [1.29, 1.82) is 0 Å². The van der Waals surface area contributed by atoms with Crippen LogP contribution in [0.3, 0.4) is 0 Å². The maximum absolute atomic E-state index is 5.50. The lowest BCUT2D eigenvalue weighted by molar-refractivity contribution is -0.655. The van der Waals surface area contributed by atoms with Crippen molar-refractivity contribution in [1.82, 2.24) is 4.57 Å². The zero-order chi connectivity index (χ0) is 12.2. The van der Waals surface area contributed by atoms with Gasteiger partial charge in [0.05, 0.1) is 13.6 Å². The molecule has 7 heteroatoms. The van der Waals surface area contributed by atoms with Gasteiger partial charge in [-0.15, -0.1) is 0 Å². The molecule has 0 N–H and O–H groups in total. The summed E-state index contributed by atoms with van der Waals surface area (Å²) in [5.74, 6) is 0. The zero-order valence-corrected chi connectivity index (χ0v) is 12.8. The molecule has 1 rings (SSSR count). The van der Waals surface area contributed by atoms with Gasteiger partial charge in [0.25, 0.3) is 0 Å². The van der Waals surface area contributed by atoms with Crippen LogP contribution in [-0.2, 0) is 26.9 Å². The van der Waals surface area contributed by atoms with Crippen molar-refractivity contribution >= 4 is 14.3 Å². The monoisotopic (exact) mass is 280 g/mol. The minimum Gasteiger partial charge on any atom is -1.00 e. The molecule has 0 radical (unpaired) electrons. The van der Waals surface area contributed by atoms with Crippen LogP contribution in [-0.4, -0.2) is 34.7 Å². The van der Waals surface area contributed by atoms with Gasteiger partial charge in [0.2, 0.25) is 0 Å². The quantitative estimate of drug-likeness (QED) is 0.407. The van der Waals surface area contributed by atoms with Crippen LogP contribution in [0, 0.1) is 0 Å². The summed E-state index contributed by atoms with van der Waals surface area (Å²) >= 11 is 0. The second-order valence-electron chi connectivity index (χ2n) is 3.59. The highest BCUT2D eigenvalue weighted by molar-refractivity contribution is 6.73. The first kappa shape index (κ1) is 16.6. The van der Waals surface area contributed by atoms with E-state index in [1.165, 1.54) is 0 Å². The molecule has 0 aliphatic heterocycles. The highest BCUT2D eigenvalue weighted by atomic mass is 35.5. The first-order valence-corrected chi connectivity index (χ1v) is 7.08. The van der Waals surface area contributed by atoms with E-state index in [4.69, 9.17) is 13.3 Å². The summed E-state index contributed by atoms with van der Waals surface area (Å²) < 4.78 is 20.6. The number of rotatable bonds is 6. The molecule has 0 atom stereocenters. The Morgan fingerprint density at radius 1 is 1.24 bits per heavy atom. The van der Waals surface area contributed by atoms with Gasteiger partial charge in [-0.05, 0) is 6.42 Å². The van der Waals surface area contributed by atoms with E-state index in [9.17, 15) is 0 Å². The Hall–Kier alpha value is -0.403. The van der Waals surface area contributed by atoms with E-state index in [0.717, 1.165) is 18.4 Å². The predicted octanol–water partition coefficient (Wildman–Crippen LogP) is -3.19. The molecule has 100 valence electrons. The van der Waals surface area contributed by atoms with Crippen molar-refractivity contribution in [3.63, 3.8) is 0 Å². The molecular formula is C10H21ClN2O3Si. The lowest BCUT2D eigenvalue weighted by Crippen LogP contribution is -3.00. The molecule has 5 nitrogen and oxygen atoms in total. The van der Waals surface area contributed by atoms with Crippen LogP contribution in [0.1, 0.15) is 13.3 Å². The summed E-state index contributed by atoms with van der Waals surface area (Å²) in [5.41, 5.74) is 0.974. The SMILES string of the molecule is CCCn1cc[n+](C)c1[Si](OC)(OC)OC.[Cl-]. The molecule has 0 aliphatic rings. The number of aryl methyl sites for hydroxylation is 2. The third-order valence-electron chi connectivity index (χ3n) is 2.62. The van der Waals surface area contributed by atoms with E-state index in [2.05, 4.69) is 11.5 Å². The van der Waals surface area contributed by atoms with Crippen molar-refractivity contribution < 1.29 is 30.3 Å². The van der Waals surface area contributed by atoms with Crippen molar-refractivity contribution in [3.05, 3.63) is 12.4 Å². The lowest BCUT2D eigenvalue weighted by atomic mass is 10.5. The average Bonchev–Trinajstić information content (AvgIpc) is 2.66. The predicted molar refractivity (Wildman–Crippen MR) is 62.3 cm³/mol. The topological polar surface area (TPSA) is 36.5 Å². The van der Waals surface area contributed by atoms with E-state index >= 15 is 0 Å². The van der Waals surface area contributed by atoms with Gasteiger partial charge in [0, 0.05) is 21.3 Å². The number of aromatic nitrogens is 2. The van der Waals surface area contributed by atoms with Gasteiger partial charge in [-0.3, -0.25) is 0 Å². The summed E-state index contributed by atoms with van der Waals surface area (Å²) in [6.07, 6.45) is 5.07. The molecule has 0 aliphatic carbocycles. The molecule has 17 heavy (non-hydrogen) atoms. The van der Waals surface area contributed by atoms with Crippen LogP contribution >= 0.6 is 0 Å². The standard InChI is InChI=1S/C10H21N2O3Si.ClH/c1-6-7-12-9-8-11(2)10(12)16(13-3,14-4)15-5;/h8-9H,6-7H2,1-5H3;1H/q+1;/p-1. The summed E-state index contributed by atoms with van der Waals surface area (Å²) in [5, 5.41) is 0. The third-order valence-corrected chi connectivity index (χ3v) is 5.42.